The van der Waals surface area contributed by atoms with Gasteiger partial charge in [0.05, 0.1) is 6.26 Å². The quantitative estimate of drug-likeness (QED) is 0.713. The molecule has 1 atom stereocenters. The van der Waals surface area contributed by atoms with Gasteiger partial charge in [-0.05, 0) is 28.1 Å². The van der Waals surface area contributed by atoms with Crippen LogP contribution in [0.15, 0.2) is 59.5 Å². The number of furan rings is 1. The topological polar surface area (TPSA) is 85.8 Å². The average molecular weight is 311 g/mol. The number of carbonyl (C=O) groups is 1. The van der Waals surface area contributed by atoms with Gasteiger partial charge < -0.3 is 9.73 Å². The third-order valence-corrected chi connectivity index (χ3v) is 3.51. The van der Waals surface area contributed by atoms with Gasteiger partial charge in [0, 0.05) is 19.4 Å². The highest BCUT2D eigenvalue weighted by molar-refractivity contribution is 5.80. The SMILES string of the molecule is O=C(NCCc1ccco1)[C@@H](Cc1ccccc1)n1cnnn1. The number of benzene rings is 1. The molecule has 2 aromatic heterocycles. The fourth-order valence-electron chi connectivity index (χ4n) is 2.34. The summed E-state index contributed by atoms with van der Waals surface area (Å²) in [7, 11) is 0. The minimum Gasteiger partial charge on any atom is -0.469 e. The number of amides is 1. The normalized spacial score (nSPS) is 12.0. The molecule has 3 rings (SSSR count). The van der Waals surface area contributed by atoms with Gasteiger partial charge in [-0.15, -0.1) is 5.10 Å². The number of nitrogens with one attached hydrogen (secondary N) is 1. The van der Waals surface area contributed by atoms with E-state index in [0.29, 0.717) is 19.4 Å². The highest BCUT2D eigenvalue weighted by atomic mass is 16.3. The Labute approximate surface area is 133 Å². The predicted octanol–water partition coefficient (Wildman–Crippen LogP) is 1.41. The van der Waals surface area contributed by atoms with E-state index in [9.17, 15) is 4.79 Å². The molecule has 118 valence electrons. The molecule has 2 heterocycles. The molecule has 7 nitrogen and oxygen atoms in total. The minimum absolute atomic E-state index is 0.118. The molecule has 0 aliphatic rings. The molecule has 1 amide bonds. The first-order valence-electron chi connectivity index (χ1n) is 7.39. The van der Waals surface area contributed by atoms with E-state index in [2.05, 4.69) is 20.8 Å². The maximum Gasteiger partial charge on any atom is 0.245 e. The van der Waals surface area contributed by atoms with Crippen molar-refractivity contribution in [1.82, 2.24) is 25.5 Å². The van der Waals surface area contributed by atoms with Gasteiger partial charge in [-0.3, -0.25) is 4.79 Å². The Morgan fingerprint density at radius 2 is 2.09 bits per heavy atom. The summed E-state index contributed by atoms with van der Waals surface area (Å²) in [6, 6.07) is 13.0. The van der Waals surface area contributed by atoms with Crippen LogP contribution in [0.1, 0.15) is 17.4 Å². The van der Waals surface area contributed by atoms with Crippen LogP contribution in [0.4, 0.5) is 0 Å². The molecule has 0 spiro atoms. The maximum absolute atomic E-state index is 12.5. The third kappa shape index (κ3) is 4.03. The smallest absolute Gasteiger partial charge is 0.245 e. The molecular weight excluding hydrogens is 294 g/mol. The van der Waals surface area contributed by atoms with Gasteiger partial charge in [0.15, 0.2) is 0 Å². The van der Waals surface area contributed by atoms with Crippen molar-refractivity contribution >= 4 is 5.91 Å². The van der Waals surface area contributed by atoms with E-state index in [4.69, 9.17) is 4.42 Å². The first-order valence-corrected chi connectivity index (χ1v) is 7.39. The van der Waals surface area contributed by atoms with Crippen molar-refractivity contribution in [3.05, 3.63) is 66.4 Å². The fraction of sp³-hybridized carbons (Fsp3) is 0.250. The summed E-state index contributed by atoms with van der Waals surface area (Å²) in [4.78, 5) is 12.5. The standard InChI is InChI=1S/C16H17N5O2/c22-16(17-9-8-14-7-4-10-23-14)15(21-12-18-19-20-21)11-13-5-2-1-3-6-13/h1-7,10,12,15H,8-9,11H2,(H,17,22)/t15-/m1/s1. The lowest BCUT2D eigenvalue weighted by atomic mass is 10.1. The molecule has 0 radical (unpaired) electrons. The van der Waals surface area contributed by atoms with Crippen LogP contribution in [-0.2, 0) is 17.6 Å². The Morgan fingerprint density at radius 1 is 1.22 bits per heavy atom. The number of tetrazole rings is 1. The molecule has 0 saturated heterocycles. The second-order valence-corrected chi connectivity index (χ2v) is 5.12. The van der Waals surface area contributed by atoms with Gasteiger partial charge in [-0.1, -0.05) is 30.3 Å². The molecule has 7 heteroatoms. The van der Waals surface area contributed by atoms with E-state index in [1.165, 1.54) is 11.0 Å². The van der Waals surface area contributed by atoms with Gasteiger partial charge in [0.2, 0.25) is 5.91 Å². The second-order valence-electron chi connectivity index (χ2n) is 5.12. The number of carbonyl (C=O) groups excluding carboxylic acids is 1. The van der Waals surface area contributed by atoms with Gasteiger partial charge in [0.25, 0.3) is 0 Å². The highest BCUT2D eigenvalue weighted by Crippen LogP contribution is 2.13. The molecule has 0 unspecified atom stereocenters. The Bertz CT molecular complexity index is 710. The Hall–Kier alpha value is -2.96. The molecule has 0 aliphatic carbocycles. The van der Waals surface area contributed by atoms with E-state index in [1.54, 1.807) is 6.26 Å². The zero-order chi connectivity index (χ0) is 15.9. The van der Waals surface area contributed by atoms with Crippen LogP contribution in [-0.4, -0.2) is 32.7 Å². The number of rotatable bonds is 7. The number of hydrogen-bond donors (Lipinski definition) is 1. The molecule has 0 bridgehead atoms. The lowest BCUT2D eigenvalue weighted by Crippen LogP contribution is -2.35. The summed E-state index contributed by atoms with van der Waals surface area (Å²) in [5.74, 6) is 0.722. The van der Waals surface area contributed by atoms with Gasteiger partial charge in [-0.2, -0.15) is 0 Å². The minimum atomic E-state index is -0.482. The average Bonchev–Trinajstić information content (AvgIpc) is 3.27. The lowest BCUT2D eigenvalue weighted by molar-refractivity contribution is -0.124. The van der Waals surface area contributed by atoms with E-state index in [-0.39, 0.29) is 5.91 Å². The van der Waals surface area contributed by atoms with Crippen molar-refractivity contribution in [3.63, 3.8) is 0 Å². The van der Waals surface area contributed by atoms with Crippen LogP contribution in [0.2, 0.25) is 0 Å². The van der Waals surface area contributed by atoms with Crippen LogP contribution in [0.3, 0.4) is 0 Å². The van der Waals surface area contributed by atoms with Crippen LogP contribution < -0.4 is 5.32 Å². The molecule has 0 fully saturated rings. The summed E-state index contributed by atoms with van der Waals surface area (Å²) in [5.41, 5.74) is 1.05. The fourth-order valence-corrected chi connectivity index (χ4v) is 2.34. The zero-order valence-corrected chi connectivity index (χ0v) is 12.5. The van der Waals surface area contributed by atoms with Crippen molar-refractivity contribution in [2.24, 2.45) is 0 Å². The van der Waals surface area contributed by atoms with Gasteiger partial charge in [0.1, 0.15) is 18.1 Å². The Kier molecular flexibility index (Phi) is 4.78. The van der Waals surface area contributed by atoms with Gasteiger partial charge in [-0.25, -0.2) is 4.68 Å². The first kappa shape index (κ1) is 15.0. The largest absolute Gasteiger partial charge is 0.469 e. The molecule has 1 N–H and O–H groups in total. The van der Waals surface area contributed by atoms with Crippen molar-refractivity contribution in [2.75, 3.05) is 6.54 Å². The number of nitrogens with zero attached hydrogens (tertiary/aromatic N) is 4. The van der Waals surface area contributed by atoms with E-state index in [0.717, 1.165) is 11.3 Å². The number of aromatic nitrogens is 4. The van der Waals surface area contributed by atoms with E-state index >= 15 is 0 Å². The molecule has 3 aromatic rings. The molecule has 0 aliphatic heterocycles. The van der Waals surface area contributed by atoms with E-state index < -0.39 is 6.04 Å². The second kappa shape index (κ2) is 7.35. The lowest BCUT2D eigenvalue weighted by Gasteiger charge is -2.16. The highest BCUT2D eigenvalue weighted by Gasteiger charge is 2.21. The first-order chi connectivity index (χ1) is 11.3. The maximum atomic E-state index is 12.5. The summed E-state index contributed by atoms with van der Waals surface area (Å²) >= 11 is 0. The summed E-state index contributed by atoms with van der Waals surface area (Å²) < 4.78 is 6.74. The summed E-state index contributed by atoms with van der Waals surface area (Å²) in [5, 5.41) is 14.0. The monoisotopic (exact) mass is 311 g/mol. The summed E-state index contributed by atoms with van der Waals surface area (Å²) in [6.07, 6.45) is 4.25. The van der Waals surface area contributed by atoms with Crippen molar-refractivity contribution in [1.29, 1.82) is 0 Å². The molecule has 1 aromatic carbocycles. The Morgan fingerprint density at radius 3 is 2.78 bits per heavy atom. The molecular formula is C16H17N5O2. The van der Waals surface area contributed by atoms with Crippen molar-refractivity contribution in [2.45, 2.75) is 18.9 Å². The van der Waals surface area contributed by atoms with Crippen LogP contribution in [0, 0.1) is 0 Å². The van der Waals surface area contributed by atoms with Crippen LogP contribution in [0.5, 0.6) is 0 Å². The van der Waals surface area contributed by atoms with Crippen LogP contribution >= 0.6 is 0 Å². The molecule has 23 heavy (non-hydrogen) atoms. The van der Waals surface area contributed by atoms with Gasteiger partial charge >= 0.3 is 0 Å². The zero-order valence-electron chi connectivity index (χ0n) is 12.5. The van der Waals surface area contributed by atoms with Crippen LogP contribution in [0.25, 0.3) is 0 Å². The predicted molar refractivity (Wildman–Crippen MR) is 82.4 cm³/mol. The summed E-state index contributed by atoms with van der Waals surface area (Å²) in [6.45, 7) is 0.500. The Balaban J connectivity index is 1.64. The van der Waals surface area contributed by atoms with Crippen molar-refractivity contribution < 1.29 is 9.21 Å². The molecule has 0 saturated carbocycles. The number of hydrogen-bond acceptors (Lipinski definition) is 5. The third-order valence-electron chi connectivity index (χ3n) is 3.51. The van der Waals surface area contributed by atoms with E-state index in [1.807, 2.05) is 42.5 Å². The van der Waals surface area contributed by atoms with Crippen molar-refractivity contribution in [3.8, 4) is 0 Å².